The lowest BCUT2D eigenvalue weighted by atomic mass is 9.92. The number of nitrogens with zero attached hydrogens (tertiary/aromatic N) is 2. The van der Waals surface area contributed by atoms with Crippen LogP contribution in [0.25, 0.3) is 10.2 Å². The van der Waals surface area contributed by atoms with Crippen molar-refractivity contribution in [1.29, 1.82) is 0 Å². The second-order valence-corrected chi connectivity index (χ2v) is 9.84. The summed E-state index contributed by atoms with van der Waals surface area (Å²) in [5, 5.41) is 4.79. The van der Waals surface area contributed by atoms with Crippen LogP contribution in [0.1, 0.15) is 41.8 Å². The van der Waals surface area contributed by atoms with Gasteiger partial charge in [0, 0.05) is 23.5 Å². The van der Waals surface area contributed by atoms with Crippen LogP contribution in [0.4, 0.5) is 0 Å². The third-order valence-corrected chi connectivity index (χ3v) is 7.28. The fourth-order valence-electron chi connectivity index (χ4n) is 4.88. The van der Waals surface area contributed by atoms with E-state index in [2.05, 4.69) is 48.4 Å². The third-order valence-electron chi connectivity index (χ3n) is 6.12. The van der Waals surface area contributed by atoms with Crippen molar-refractivity contribution < 1.29 is 0 Å². The minimum absolute atomic E-state index is 0.147. The number of rotatable bonds is 4. The Morgan fingerprint density at radius 3 is 2.64 bits per heavy atom. The Morgan fingerprint density at radius 2 is 1.93 bits per heavy atom. The SMILES string of the molecule is CC(C)Cn1cnc2sc3c(c2c1=O)CCC(NC1Cc2ccccc2C1)C3. The molecule has 1 atom stereocenters. The minimum atomic E-state index is 0.147. The van der Waals surface area contributed by atoms with Gasteiger partial charge in [-0.05, 0) is 54.7 Å². The zero-order valence-electron chi connectivity index (χ0n) is 16.6. The molecule has 0 aliphatic heterocycles. The lowest BCUT2D eigenvalue weighted by molar-refractivity contribution is 0.402. The van der Waals surface area contributed by atoms with Gasteiger partial charge in [-0.15, -0.1) is 11.3 Å². The van der Waals surface area contributed by atoms with Crippen LogP contribution in [0.15, 0.2) is 35.4 Å². The third kappa shape index (κ3) is 3.20. The molecule has 5 heteroatoms. The van der Waals surface area contributed by atoms with E-state index < -0.39 is 0 Å². The first-order chi connectivity index (χ1) is 13.6. The second-order valence-electron chi connectivity index (χ2n) is 8.76. The van der Waals surface area contributed by atoms with E-state index in [1.807, 2.05) is 0 Å². The Kier molecular flexibility index (Phi) is 4.60. The molecule has 0 saturated heterocycles. The Hall–Kier alpha value is -1.98. The van der Waals surface area contributed by atoms with Crippen molar-refractivity contribution in [3.05, 3.63) is 62.5 Å². The Labute approximate surface area is 169 Å². The molecular formula is C23H27N3OS. The molecule has 0 bridgehead atoms. The summed E-state index contributed by atoms with van der Waals surface area (Å²) < 4.78 is 1.79. The highest BCUT2D eigenvalue weighted by atomic mass is 32.1. The van der Waals surface area contributed by atoms with E-state index in [-0.39, 0.29) is 5.56 Å². The first-order valence-corrected chi connectivity index (χ1v) is 11.2. The summed E-state index contributed by atoms with van der Waals surface area (Å²) in [4.78, 5) is 19.9. The predicted octanol–water partition coefficient (Wildman–Crippen LogP) is 3.73. The highest BCUT2D eigenvalue weighted by Gasteiger charge is 2.28. The van der Waals surface area contributed by atoms with Gasteiger partial charge in [-0.3, -0.25) is 9.36 Å². The van der Waals surface area contributed by atoms with Gasteiger partial charge in [-0.25, -0.2) is 4.98 Å². The molecule has 0 saturated carbocycles. The summed E-state index contributed by atoms with van der Waals surface area (Å²) in [5.74, 6) is 0.440. The summed E-state index contributed by atoms with van der Waals surface area (Å²) in [6.45, 7) is 5.01. The minimum Gasteiger partial charge on any atom is -0.310 e. The topological polar surface area (TPSA) is 46.9 Å². The average Bonchev–Trinajstić information content (AvgIpc) is 3.24. The van der Waals surface area contributed by atoms with Crippen LogP contribution < -0.4 is 10.9 Å². The van der Waals surface area contributed by atoms with Crippen molar-refractivity contribution in [2.75, 3.05) is 0 Å². The van der Waals surface area contributed by atoms with E-state index in [9.17, 15) is 4.79 Å². The van der Waals surface area contributed by atoms with E-state index in [1.54, 1.807) is 22.2 Å². The van der Waals surface area contributed by atoms with E-state index >= 15 is 0 Å². The molecule has 2 aliphatic rings. The van der Waals surface area contributed by atoms with Crippen molar-refractivity contribution >= 4 is 21.6 Å². The molecule has 2 aliphatic carbocycles. The van der Waals surface area contributed by atoms with Crippen molar-refractivity contribution in [1.82, 2.24) is 14.9 Å². The van der Waals surface area contributed by atoms with Crippen LogP contribution in [0.5, 0.6) is 0 Å². The lowest BCUT2D eigenvalue weighted by Crippen LogP contribution is -2.41. The molecule has 0 amide bonds. The molecule has 0 spiro atoms. The molecule has 1 N–H and O–H groups in total. The molecule has 1 unspecified atom stereocenters. The predicted molar refractivity (Wildman–Crippen MR) is 115 cm³/mol. The zero-order valence-corrected chi connectivity index (χ0v) is 17.4. The van der Waals surface area contributed by atoms with Crippen LogP contribution in [0.3, 0.4) is 0 Å². The molecule has 0 radical (unpaired) electrons. The lowest BCUT2D eigenvalue weighted by Gasteiger charge is -2.26. The first-order valence-electron chi connectivity index (χ1n) is 10.4. The van der Waals surface area contributed by atoms with Crippen molar-refractivity contribution in [3.63, 3.8) is 0 Å². The van der Waals surface area contributed by atoms with Gasteiger partial charge < -0.3 is 5.32 Å². The van der Waals surface area contributed by atoms with Gasteiger partial charge in [-0.2, -0.15) is 0 Å². The van der Waals surface area contributed by atoms with E-state index in [4.69, 9.17) is 0 Å². The number of aryl methyl sites for hydroxylation is 1. The van der Waals surface area contributed by atoms with Gasteiger partial charge in [-0.1, -0.05) is 38.1 Å². The Bertz CT molecular complexity index is 1060. The van der Waals surface area contributed by atoms with Gasteiger partial charge in [0.25, 0.3) is 5.56 Å². The molecule has 4 nitrogen and oxygen atoms in total. The number of fused-ring (bicyclic) bond motifs is 4. The van der Waals surface area contributed by atoms with Crippen LogP contribution >= 0.6 is 11.3 Å². The molecule has 2 aromatic heterocycles. The Morgan fingerprint density at radius 1 is 1.18 bits per heavy atom. The first kappa shape index (κ1) is 18.1. The monoisotopic (exact) mass is 393 g/mol. The number of thiophene rings is 1. The molecule has 1 aromatic carbocycles. The van der Waals surface area contributed by atoms with Crippen LogP contribution in [0, 0.1) is 5.92 Å². The number of hydrogen-bond acceptors (Lipinski definition) is 4. The van der Waals surface area contributed by atoms with Gasteiger partial charge in [0.15, 0.2) is 0 Å². The Balaban J connectivity index is 1.36. The standard InChI is InChI=1S/C23H27N3OS/c1-14(2)12-26-13-24-22-21(23(26)27)19-8-7-17(11-20(19)28-22)25-18-9-15-5-3-4-6-16(15)10-18/h3-6,13-14,17-18,25H,7-12H2,1-2H3. The highest BCUT2D eigenvalue weighted by Crippen LogP contribution is 2.34. The van der Waals surface area contributed by atoms with Crippen LogP contribution in [-0.2, 0) is 32.2 Å². The summed E-state index contributed by atoms with van der Waals surface area (Å²) in [5.41, 5.74) is 4.40. The van der Waals surface area contributed by atoms with E-state index in [0.29, 0.717) is 18.0 Å². The fraction of sp³-hybridized carbons (Fsp3) is 0.478. The van der Waals surface area contributed by atoms with Gasteiger partial charge >= 0.3 is 0 Å². The molecule has 3 aromatic rings. The second kappa shape index (κ2) is 7.12. The molecule has 0 fully saturated rings. The summed E-state index contributed by atoms with van der Waals surface area (Å²) in [6.07, 6.45) is 7.10. The van der Waals surface area contributed by atoms with Gasteiger partial charge in [0.05, 0.1) is 11.7 Å². The molecule has 28 heavy (non-hydrogen) atoms. The van der Waals surface area contributed by atoms with Crippen LogP contribution in [-0.4, -0.2) is 21.6 Å². The molecule has 5 rings (SSSR count). The maximum Gasteiger partial charge on any atom is 0.262 e. The number of benzene rings is 1. The van der Waals surface area contributed by atoms with Crippen molar-refractivity contribution in [2.45, 2.75) is 64.6 Å². The normalized spacial score (nSPS) is 19.3. The molecular weight excluding hydrogens is 366 g/mol. The molecule has 2 heterocycles. The zero-order chi connectivity index (χ0) is 19.3. The van der Waals surface area contributed by atoms with E-state index in [0.717, 1.165) is 48.9 Å². The molecule has 146 valence electrons. The maximum absolute atomic E-state index is 13.0. The highest BCUT2D eigenvalue weighted by molar-refractivity contribution is 7.18. The number of nitrogens with one attached hydrogen (secondary N) is 1. The smallest absolute Gasteiger partial charge is 0.262 e. The summed E-state index contributed by atoms with van der Waals surface area (Å²) in [7, 11) is 0. The van der Waals surface area contributed by atoms with Crippen molar-refractivity contribution in [2.24, 2.45) is 5.92 Å². The van der Waals surface area contributed by atoms with Crippen molar-refractivity contribution in [3.8, 4) is 0 Å². The number of hydrogen-bond donors (Lipinski definition) is 1. The largest absolute Gasteiger partial charge is 0.310 e. The van der Waals surface area contributed by atoms with E-state index in [1.165, 1.54) is 21.6 Å². The average molecular weight is 394 g/mol. The summed E-state index contributed by atoms with van der Waals surface area (Å²) >= 11 is 1.73. The summed E-state index contributed by atoms with van der Waals surface area (Å²) in [6, 6.07) is 9.85. The van der Waals surface area contributed by atoms with Crippen LogP contribution in [0.2, 0.25) is 0 Å². The van der Waals surface area contributed by atoms with Gasteiger partial charge in [0.1, 0.15) is 4.83 Å². The van der Waals surface area contributed by atoms with Gasteiger partial charge in [0.2, 0.25) is 0 Å². The number of aromatic nitrogens is 2. The fourth-order valence-corrected chi connectivity index (χ4v) is 6.13. The maximum atomic E-state index is 13.0. The quantitative estimate of drug-likeness (QED) is 0.735.